The summed E-state index contributed by atoms with van der Waals surface area (Å²) in [6.07, 6.45) is 6.89. The molecule has 0 saturated carbocycles. The summed E-state index contributed by atoms with van der Waals surface area (Å²) in [5.74, 6) is 0.0820. The highest BCUT2D eigenvalue weighted by molar-refractivity contribution is 5.86. The molecule has 1 fully saturated rings. The Morgan fingerprint density at radius 2 is 2.32 bits per heavy atom. The van der Waals surface area contributed by atoms with Crippen LogP contribution in [0.1, 0.15) is 44.7 Å². The Morgan fingerprint density at radius 3 is 2.84 bits per heavy atom. The van der Waals surface area contributed by atoms with Crippen molar-refractivity contribution in [1.82, 2.24) is 20.4 Å². The Balaban J connectivity index is 0.00000180. The van der Waals surface area contributed by atoms with Gasteiger partial charge in [-0.25, -0.2) is 0 Å². The molecule has 1 aromatic heterocycles. The lowest BCUT2D eigenvalue weighted by Crippen LogP contribution is -2.57. The van der Waals surface area contributed by atoms with Crippen LogP contribution in [0.2, 0.25) is 0 Å². The van der Waals surface area contributed by atoms with Gasteiger partial charge >= 0.3 is 0 Å². The fourth-order valence-corrected chi connectivity index (χ4v) is 2.35. The highest BCUT2D eigenvalue weighted by Gasteiger charge is 2.34. The van der Waals surface area contributed by atoms with Crippen LogP contribution in [-0.4, -0.2) is 27.8 Å². The van der Waals surface area contributed by atoms with Gasteiger partial charge in [-0.3, -0.25) is 9.48 Å². The summed E-state index contributed by atoms with van der Waals surface area (Å²) in [6, 6.07) is -0.00764. The van der Waals surface area contributed by atoms with E-state index in [9.17, 15) is 4.79 Å². The zero-order valence-corrected chi connectivity index (χ0v) is 12.6. The van der Waals surface area contributed by atoms with Crippen molar-refractivity contribution in [3.8, 4) is 0 Å². The fourth-order valence-electron chi connectivity index (χ4n) is 2.35. The zero-order chi connectivity index (χ0) is 13.2. The Hall–Kier alpha value is -1.07. The number of amides is 1. The molecule has 108 valence electrons. The summed E-state index contributed by atoms with van der Waals surface area (Å²) in [7, 11) is 1.88. The third-order valence-corrected chi connectivity index (χ3v) is 3.69. The van der Waals surface area contributed by atoms with Gasteiger partial charge in [0, 0.05) is 18.8 Å². The van der Waals surface area contributed by atoms with Crippen LogP contribution in [0.4, 0.5) is 0 Å². The number of nitrogens with one attached hydrogen (secondary N) is 2. The minimum absolute atomic E-state index is 0. The van der Waals surface area contributed by atoms with Crippen LogP contribution in [-0.2, 0) is 11.8 Å². The molecule has 0 bridgehead atoms. The standard InChI is InChI=1S/C13H22N4O.ClH/c1-10(11-8-15-17(3)9-11)16-12(18)13(2)6-4-5-7-14-13;/h8-10,14H,4-7H2,1-3H3,(H,16,18);1H. The number of hydrogen-bond donors (Lipinski definition) is 2. The van der Waals surface area contributed by atoms with Crippen molar-refractivity contribution in [3.63, 3.8) is 0 Å². The fraction of sp³-hybridized carbons (Fsp3) is 0.692. The average molecular weight is 287 g/mol. The molecule has 1 aromatic rings. The second-order valence-corrected chi connectivity index (χ2v) is 5.36. The third-order valence-electron chi connectivity index (χ3n) is 3.69. The van der Waals surface area contributed by atoms with E-state index in [2.05, 4.69) is 15.7 Å². The van der Waals surface area contributed by atoms with Crippen molar-refractivity contribution < 1.29 is 4.79 Å². The molecule has 2 N–H and O–H groups in total. The van der Waals surface area contributed by atoms with Gasteiger partial charge in [0.25, 0.3) is 0 Å². The van der Waals surface area contributed by atoms with Crippen molar-refractivity contribution in [2.24, 2.45) is 7.05 Å². The molecule has 5 nitrogen and oxygen atoms in total. The zero-order valence-electron chi connectivity index (χ0n) is 11.8. The summed E-state index contributed by atoms with van der Waals surface area (Å²) < 4.78 is 1.75. The van der Waals surface area contributed by atoms with Gasteiger partial charge in [-0.1, -0.05) is 0 Å². The molecule has 0 radical (unpaired) electrons. The number of piperidine rings is 1. The van der Waals surface area contributed by atoms with Crippen LogP contribution >= 0.6 is 12.4 Å². The lowest BCUT2D eigenvalue weighted by molar-refractivity contribution is -0.128. The summed E-state index contributed by atoms with van der Waals surface area (Å²) in [6.45, 7) is 4.89. The highest BCUT2D eigenvalue weighted by Crippen LogP contribution is 2.20. The number of hydrogen-bond acceptors (Lipinski definition) is 3. The van der Waals surface area contributed by atoms with E-state index in [1.165, 1.54) is 0 Å². The van der Waals surface area contributed by atoms with Gasteiger partial charge in [0.2, 0.25) is 5.91 Å². The Morgan fingerprint density at radius 1 is 1.58 bits per heavy atom. The van der Waals surface area contributed by atoms with Crippen LogP contribution < -0.4 is 10.6 Å². The summed E-state index contributed by atoms with van der Waals surface area (Å²) in [5.41, 5.74) is 0.611. The molecule has 0 aliphatic carbocycles. The van der Waals surface area contributed by atoms with Gasteiger partial charge in [-0.05, 0) is 39.7 Å². The molecule has 2 atom stereocenters. The molecule has 1 saturated heterocycles. The minimum Gasteiger partial charge on any atom is -0.348 e. The van der Waals surface area contributed by atoms with Crippen LogP contribution in [0.25, 0.3) is 0 Å². The molecule has 1 amide bonds. The number of carbonyl (C=O) groups is 1. The van der Waals surface area contributed by atoms with Gasteiger partial charge < -0.3 is 10.6 Å². The number of rotatable bonds is 3. The molecule has 6 heteroatoms. The first kappa shape index (κ1) is 16.0. The first-order valence-corrected chi connectivity index (χ1v) is 6.56. The van der Waals surface area contributed by atoms with E-state index in [4.69, 9.17) is 0 Å². The van der Waals surface area contributed by atoms with Gasteiger partial charge in [-0.2, -0.15) is 5.10 Å². The average Bonchev–Trinajstić information content (AvgIpc) is 2.77. The van der Waals surface area contributed by atoms with Gasteiger partial charge in [0.05, 0.1) is 17.8 Å². The number of carbonyl (C=O) groups excluding carboxylic acids is 1. The SMILES string of the molecule is CC(NC(=O)C1(C)CCCCN1)c1cnn(C)c1.Cl. The Labute approximate surface area is 120 Å². The number of halogens is 1. The van der Waals surface area contributed by atoms with Crippen molar-refractivity contribution in [2.75, 3.05) is 6.54 Å². The largest absolute Gasteiger partial charge is 0.348 e. The normalized spacial score (nSPS) is 24.4. The summed E-state index contributed by atoms with van der Waals surface area (Å²) in [5, 5.41) is 10.5. The predicted octanol–water partition coefficient (Wildman–Crippen LogP) is 1.55. The van der Waals surface area contributed by atoms with Gasteiger partial charge in [0.15, 0.2) is 0 Å². The lowest BCUT2D eigenvalue weighted by atomic mass is 9.89. The van der Waals surface area contributed by atoms with E-state index in [1.807, 2.05) is 27.1 Å². The van der Waals surface area contributed by atoms with E-state index in [1.54, 1.807) is 10.9 Å². The van der Waals surface area contributed by atoms with Crippen LogP contribution in [0.5, 0.6) is 0 Å². The molecule has 19 heavy (non-hydrogen) atoms. The second-order valence-electron chi connectivity index (χ2n) is 5.36. The number of aryl methyl sites for hydroxylation is 1. The maximum atomic E-state index is 12.3. The lowest BCUT2D eigenvalue weighted by Gasteiger charge is -2.34. The van der Waals surface area contributed by atoms with E-state index in [0.717, 1.165) is 31.4 Å². The maximum absolute atomic E-state index is 12.3. The van der Waals surface area contributed by atoms with Crippen LogP contribution in [0.15, 0.2) is 12.4 Å². The van der Waals surface area contributed by atoms with E-state index in [-0.39, 0.29) is 24.4 Å². The third kappa shape index (κ3) is 3.70. The maximum Gasteiger partial charge on any atom is 0.240 e. The first-order chi connectivity index (χ1) is 8.51. The van der Waals surface area contributed by atoms with Crippen molar-refractivity contribution >= 4 is 18.3 Å². The molecular weight excluding hydrogens is 264 g/mol. The molecule has 2 rings (SSSR count). The van der Waals surface area contributed by atoms with Crippen LogP contribution in [0, 0.1) is 0 Å². The molecule has 2 heterocycles. The van der Waals surface area contributed by atoms with Crippen LogP contribution in [0.3, 0.4) is 0 Å². The first-order valence-electron chi connectivity index (χ1n) is 6.56. The second kappa shape index (κ2) is 6.39. The van der Waals surface area contributed by atoms with E-state index in [0.29, 0.717) is 0 Å². The van der Waals surface area contributed by atoms with Crippen molar-refractivity contribution in [2.45, 2.75) is 44.7 Å². The monoisotopic (exact) mass is 286 g/mol. The van der Waals surface area contributed by atoms with Gasteiger partial charge in [0.1, 0.15) is 0 Å². The summed E-state index contributed by atoms with van der Waals surface area (Å²) >= 11 is 0. The molecule has 1 aliphatic rings. The van der Waals surface area contributed by atoms with E-state index >= 15 is 0 Å². The molecular formula is C13H23ClN4O. The predicted molar refractivity (Wildman–Crippen MR) is 77.3 cm³/mol. The number of aromatic nitrogens is 2. The Kier molecular flexibility index (Phi) is 5.38. The molecule has 0 spiro atoms. The highest BCUT2D eigenvalue weighted by atomic mass is 35.5. The molecule has 0 aromatic carbocycles. The minimum atomic E-state index is -0.422. The topological polar surface area (TPSA) is 59.0 Å². The smallest absolute Gasteiger partial charge is 0.240 e. The molecule has 2 unspecified atom stereocenters. The van der Waals surface area contributed by atoms with Gasteiger partial charge in [-0.15, -0.1) is 12.4 Å². The molecule has 1 aliphatic heterocycles. The van der Waals surface area contributed by atoms with Crippen molar-refractivity contribution in [1.29, 1.82) is 0 Å². The van der Waals surface area contributed by atoms with E-state index < -0.39 is 5.54 Å². The quantitative estimate of drug-likeness (QED) is 0.886. The Bertz CT molecular complexity index is 426. The summed E-state index contributed by atoms with van der Waals surface area (Å²) in [4.78, 5) is 12.3. The van der Waals surface area contributed by atoms with Crippen molar-refractivity contribution in [3.05, 3.63) is 18.0 Å². The number of nitrogens with zero attached hydrogens (tertiary/aromatic N) is 2.